The number of hydrogen-bond acceptors (Lipinski definition) is 2. The highest BCUT2D eigenvalue weighted by Crippen LogP contribution is 2.15. The summed E-state index contributed by atoms with van der Waals surface area (Å²) in [4.78, 5) is 0. The molecule has 2 unspecified atom stereocenters. The van der Waals surface area contributed by atoms with E-state index in [9.17, 15) is 10.2 Å². The highest BCUT2D eigenvalue weighted by Gasteiger charge is 2.11. The summed E-state index contributed by atoms with van der Waals surface area (Å²) in [5.41, 5.74) is 0. The van der Waals surface area contributed by atoms with Crippen LogP contribution in [0.1, 0.15) is 110 Å². The average Bonchev–Trinajstić information content (AvgIpc) is 2.45. The quantitative estimate of drug-likeness (QED) is 0.364. The Balaban J connectivity index is 3.27. The molecule has 0 amide bonds. The summed E-state index contributed by atoms with van der Waals surface area (Å²) in [6, 6.07) is 0. The molecular formula is C19H40O2. The Hall–Kier alpha value is -0.0800. The van der Waals surface area contributed by atoms with E-state index in [2.05, 4.69) is 13.8 Å². The molecule has 0 fully saturated rings. The zero-order valence-electron chi connectivity index (χ0n) is 14.7. The smallest absolute Gasteiger partial charge is 0.0564 e. The predicted molar refractivity (Wildman–Crippen MR) is 92.6 cm³/mol. The van der Waals surface area contributed by atoms with Gasteiger partial charge in [-0.15, -0.1) is 0 Å². The summed E-state index contributed by atoms with van der Waals surface area (Å²) < 4.78 is 0. The van der Waals surface area contributed by atoms with Crippen LogP contribution in [-0.2, 0) is 0 Å². The molecule has 21 heavy (non-hydrogen) atoms. The number of aliphatic hydroxyl groups excluding tert-OH is 2. The Labute approximate surface area is 133 Å². The van der Waals surface area contributed by atoms with Crippen LogP contribution in [-0.4, -0.2) is 22.4 Å². The Morgan fingerprint density at radius 1 is 0.524 bits per heavy atom. The van der Waals surface area contributed by atoms with Gasteiger partial charge in [0.05, 0.1) is 12.2 Å². The van der Waals surface area contributed by atoms with Gasteiger partial charge in [-0.3, -0.25) is 0 Å². The predicted octanol–water partition coefficient (Wildman–Crippen LogP) is 5.60. The monoisotopic (exact) mass is 300 g/mol. The molecule has 0 spiro atoms. The van der Waals surface area contributed by atoms with Gasteiger partial charge in [-0.05, 0) is 19.3 Å². The van der Waals surface area contributed by atoms with Crippen LogP contribution in [0.3, 0.4) is 0 Å². The maximum Gasteiger partial charge on any atom is 0.0564 e. The van der Waals surface area contributed by atoms with Crippen molar-refractivity contribution in [1.29, 1.82) is 0 Å². The highest BCUT2D eigenvalue weighted by molar-refractivity contribution is 4.64. The fourth-order valence-corrected chi connectivity index (χ4v) is 2.87. The minimum absolute atomic E-state index is 0.300. The topological polar surface area (TPSA) is 40.5 Å². The van der Waals surface area contributed by atoms with Crippen LogP contribution < -0.4 is 0 Å². The third-order valence-electron chi connectivity index (χ3n) is 4.33. The summed E-state index contributed by atoms with van der Waals surface area (Å²) in [7, 11) is 0. The molecule has 0 aromatic rings. The lowest BCUT2D eigenvalue weighted by atomic mass is 10.0. The van der Waals surface area contributed by atoms with Crippen LogP contribution in [0.5, 0.6) is 0 Å². The van der Waals surface area contributed by atoms with Crippen molar-refractivity contribution in [2.45, 2.75) is 122 Å². The van der Waals surface area contributed by atoms with E-state index < -0.39 is 0 Å². The average molecular weight is 301 g/mol. The zero-order valence-corrected chi connectivity index (χ0v) is 14.7. The lowest BCUT2D eigenvalue weighted by Crippen LogP contribution is -2.17. The van der Waals surface area contributed by atoms with E-state index >= 15 is 0 Å². The molecule has 0 bridgehead atoms. The lowest BCUT2D eigenvalue weighted by Gasteiger charge is -2.15. The van der Waals surface area contributed by atoms with Gasteiger partial charge in [0.2, 0.25) is 0 Å². The molecule has 0 aliphatic heterocycles. The van der Waals surface area contributed by atoms with E-state index in [0.717, 1.165) is 25.7 Å². The van der Waals surface area contributed by atoms with E-state index in [0.29, 0.717) is 6.42 Å². The van der Waals surface area contributed by atoms with E-state index in [1.165, 1.54) is 64.2 Å². The Morgan fingerprint density at radius 3 is 1.33 bits per heavy atom. The first-order valence-electron chi connectivity index (χ1n) is 9.56. The van der Waals surface area contributed by atoms with Crippen molar-refractivity contribution in [3.05, 3.63) is 0 Å². The Morgan fingerprint density at radius 2 is 0.857 bits per heavy atom. The number of hydrogen-bond donors (Lipinski definition) is 2. The Kier molecular flexibility index (Phi) is 16.2. The number of unbranched alkanes of at least 4 members (excludes halogenated alkanes) is 10. The molecule has 0 saturated heterocycles. The second-order valence-electron chi connectivity index (χ2n) is 6.66. The summed E-state index contributed by atoms with van der Waals surface area (Å²) >= 11 is 0. The number of aliphatic hydroxyl groups is 2. The molecule has 128 valence electrons. The van der Waals surface area contributed by atoms with Crippen molar-refractivity contribution >= 4 is 0 Å². The molecule has 0 saturated carbocycles. The highest BCUT2D eigenvalue weighted by atomic mass is 16.3. The summed E-state index contributed by atoms with van der Waals surface area (Å²) in [5.74, 6) is 0. The van der Waals surface area contributed by atoms with Crippen molar-refractivity contribution in [2.24, 2.45) is 0 Å². The third-order valence-corrected chi connectivity index (χ3v) is 4.33. The molecule has 0 aromatic carbocycles. The van der Waals surface area contributed by atoms with Gasteiger partial charge in [-0.25, -0.2) is 0 Å². The van der Waals surface area contributed by atoms with Gasteiger partial charge in [-0.1, -0.05) is 90.9 Å². The molecule has 2 atom stereocenters. The van der Waals surface area contributed by atoms with E-state index in [-0.39, 0.29) is 12.2 Å². The van der Waals surface area contributed by atoms with Crippen LogP contribution in [0.25, 0.3) is 0 Å². The summed E-state index contributed by atoms with van der Waals surface area (Å²) in [6.07, 6.45) is 17.0. The minimum Gasteiger partial charge on any atom is -0.393 e. The Bertz CT molecular complexity index is 194. The molecule has 2 N–H and O–H groups in total. The second kappa shape index (κ2) is 16.3. The summed E-state index contributed by atoms with van der Waals surface area (Å²) in [6.45, 7) is 4.43. The van der Waals surface area contributed by atoms with Crippen molar-refractivity contribution in [2.75, 3.05) is 0 Å². The molecule has 0 aliphatic carbocycles. The van der Waals surface area contributed by atoms with Crippen LogP contribution in [0.2, 0.25) is 0 Å². The van der Waals surface area contributed by atoms with Gasteiger partial charge in [0.25, 0.3) is 0 Å². The van der Waals surface area contributed by atoms with Crippen molar-refractivity contribution in [3.63, 3.8) is 0 Å². The van der Waals surface area contributed by atoms with Gasteiger partial charge in [-0.2, -0.15) is 0 Å². The van der Waals surface area contributed by atoms with E-state index in [4.69, 9.17) is 0 Å². The largest absolute Gasteiger partial charge is 0.393 e. The first kappa shape index (κ1) is 20.9. The van der Waals surface area contributed by atoms with Gasteiger partial charge in [0, 0.05) is 0 Å². The molecule has 0 radical (unpaired) electrons. The molecular weight excluding hydrogens is 260 g/mol. The lowest BCUT2D eigenvalue weighted by molar-refractivity contribution is 0.0681. The minimum atomic E-state index is -0.301. The normalized spacial score (nSPS) is 14.3. The van der Waals surface area contributed by atoms with Gasteiger partial charge in [0.15, 0.2) is 0 Å². The first-order valence-corrected chi connectivity index (χ1v) is 9.56. The van der Waals surface area contributed by atoms with Crippen LogP contribution in [0.15, 0.2) is 0 Å². The number of rotatable bonds is 16. The second-order valence-corrected chi connectivity index (χ2v) is 6.66. The SMILES string of the molecule is CCCCCCCCCCCC(O)CC(O)CCCCC. The molecule has 0 aromatic heterocycles. The summed E-state index contributed by atoms with van der Waals surface area (Å²) in [5, 5.41) is 19.7. The van der Waals surface area contributed by atoms with Gasteiger partial charge >= 0.3 is 0 Å². The van der Waals surface area contributed by atoms with E-state index in [1.54, 1.807) is 0 Å². The molecule has 2 nitrogen and oxygen atoms in total. The maximum atomic E-state index is 9.92. The zero-order chi connectivity index (χ0) is 15.8. The fraction of sp³-hybridized carbons (Fsp3) is 1.00. The van der Waals surface area contributed by atoms with E-state index in [1.807, 2.05) is 0 Å². The van der Waals surface area contributed by atoms with Crippen molar-refractivity contribution in [1.82, 2.24) is 0 Å². The maximum absolute atomic E-state index is 9.92. The molecule has 0 rings (SSSR count). The van der Waals surface area contributed by atoms with Crippen molar-refractivity contribution in [3.8, 4) is 0 Å². The fourth-order valence-electron chi connectivity index (χ4n) is 2.87. The molecule has 0 heterocycles. The van der Waals surface area contributed by atoms with Crippen LogP contribution in [0.4, 0.5) is 0 Å². The van der Waals surface area contributed by atoms with Crippen LogP contribution >= 0.6 is 0 Å². The van der Waals surface area contributed by atoms with Crippen molar-refractivity contribution < 1.29 is 10.2 Å². The molecule has 2 heteroatoms. The first-order chi connectivity index (χ1) is 10.2. The van der Waals surface area contributed by atoms with Crippen LogP contribution in [0, 0.1) is 0 Å². The standard InChI is InChI=1S/C19H40O2/c1-3-5-7-8-9-10-11-12-14-16-19(21)17-18(20)15-13-6-4-2/h18-21H,3-17H2,1-2H3. The molecule has 0 aliphatic rings. The van der Waals surface area contributed by atoms with Gasteiger partial charge < -0.3 is 10.2 Å². The third kappa shape index (κ3) is 16.1. The van der Waals surface area contributed by atoms with Gasteiger partial charge in [0.1, 0.15) is 0 Å².